The number of sulfonamides is 1. The van der Waals surface area contributed by atoms with E-state index in [0.717, 1.165) is 14.7 Å². The van der Waals surface area contributed by atoms with Crippen LogP contribution in [0.1, 0.15) is 20.8 Å². The van der Waals surface area contributed by atoms with Crippen molar-refractivity contribution < 1.29 is 18.0 Å². The van der Waals surface area contributed by atoms with Crippen molar-refractivity contribution >= 4 is 49.9 Å². The Hall–Kier alpha value is -2.79. The molecule has 0 aliphatic carbocycles. The van der Waals surface area contributed by atoms with E-state index in [1.807, 2.05) is 24.3 Å². The van der Waals surface area contributed by atoms with Crippen LogP contribution < -0.4 is 10.6 Å². The Morgan fingerprint density at radius 3 is 2.81 bits per heavy atom. The number of nitrogens with zero attached hydrogens (tertiary/aromatic N) is 2. The van der Waals surface area contributed by atoms with Gasteiger partial charge in [0, 0.05) is 41.2 Å². The standard InChI is InChI=1S/C21H19ClN4O4S2/c22-18-7-2-1-4-14(18)10-16-12-24-21(31-16)25-20(28)15-5-3-6-17(11-15)32(29,30)26-9-8-23-19(27)13-26/h1-7,11-12H,8-10,13H2,(H,23,27)(H,24,25,28). The SMILES string of the molecule is O=C1CN(S(=O)(=O)c2cccc(C(=O)Nc3ncc(Cc4ccccc4Cl)s3)c2)CCN1. The molecule has 32 heavy (non-hydrogen) atoms. The quantitative estimate of drug-likeness (QED) is 0.552. The molecule has 0 radical (unpaired) electrons. The van der Waals surface area contributed by atoms with Gasteiger partial charge in [0.05, 0.1) is 11.4 Å². The van der Waals surface area contributed by atoms with E-state index in [1.54, 1.807) is 6.20 Å². The molecule has 2 aromatic carbocycles. The molecule has 1 aromatic heterocycles. The molecule has 0 spiro atoms. The van der Waals surface area contributed by atoms with Gasteiger partial charge in [-0.05, 0) is 29.8 Å². The molecule has 0 unspecified atom stereocenters. The van der Waals surface area contributed by atoms with Gasteiger partial charge in [-0.25, -0.2) is 13.4 Å². The molecular formula is C21H19ClN4O4S2. The predicted octanol–water partition coefficient (Wildman–Crippen LogP) is 2.76. The van der Waals surface area contributed by atoms with Crippen LogP contribution in [-0.2, 0) is 21.2 Å². The second-order valence-corrected chi connectivity index (χ2v) is 10.5. The molecule has 166 valence electrons. The van der Waals surface area contributed by atoms with Crippen LogP contribution in [0.25, 0.3) is 0 Å². The monoisotopic (exact) mass is 490 g/mol. The minimum atomic E-state index is -3.89. The molecule has 2 N–H and O–H groups in total. The van der Waals surface area contributed by atoms with Crippen molar-refractivity contribution in [1.82, 2.24) is 14.6 Å². The first-order chi connectivity index (χ1) is 15.3. The molecule has 1 saturated heterocycles. The Balaban J connectivity index is 1.47. The number of rotatable bonds is 6. The van der Waals surface area contributed by atoms with Gasteiger partial charge in [-0.15, -0.1) is 11.3 Å². The maximum Gasteiger partial charge on any atom is 0.257 e. The van der Waals surface area contributed by atoms with Crippen molar-refractivity contribution in [3.05, 3.63) is 75.8 Å². The summed E-state index contributed by atoms with van der Waals surface area (Å²) >= 11 is 7.52. The van der Waals surface area contributed by atoms with Gasteiger partial charge in [0.15, 0.2) is 5.13 Å². The number of amides is 2. The van der Waals surface area contributed by atoms with E-state index in [4.69, 9.17) is 11.6 Å². The van der Waals surface area contributed by atoms with Crippen LogP contribution in [-0.4, -0.2) is 49.2 Å². The van der Waals surface area contributed by atoms with Gasteiger partial charge >= 0.3 is 0 Å². The van der Waals surface area contributed by atoms with E-state index < -0.39 is 15.9 Å². The summed E-state index contributed by atoms with van der Waals surface area (Å²) in [5.41, 5.74) is 1.13. The number of aromatic nitrogens is 1. The second-order valence-electron chi connectivity index (χ2n) is 7.07. The summed E-state index contributed by atoms with van der Waals surface area (Å²) in [5, 5.41) is 6.36. The third-order valence-electron chi connectivity index (χ3n) is 4.83. The highest BCUT2D eigenvalue weighted by Crippen LogP contribution is 2.25. The van der Waals surface area contributed by atoms with E-state index in [2.05, 4.69) is 15.6 Å². The number of benzene rings is 2. The molecule has 1 fully saturated rings. The summed E-state index contributed by atoms with van der Waals surface area (Å²) in [4.78, 5) is 29.4. The molecule has 0 atom stereocenters. The van der Waals surface area contributed by atoms with Crippen LogP contribution in [0.3, 0.4) is 0 Å². The van der Waals surface area contributed by atoms with E-state index in [0.29, 0.717) is 16.6 Å². The normalized spacial score (nSPS) is 14.7. The van der Waals surface area contributed by atoms with Crippen LogP contribution >= 0.6 is 22.9 Å². The van der Waals surface area contributed by atoms with Gasteiger partial charge < -0.3 is 5.32 Å². The van der Waals surface area contributed by atoms with E-state index in [-0.39, 0.29) is 36.0 Å². The number of piperazine rings is 1. The van der Waals surface area contributed by atoms with Crippen molar-refractivity contribution in [2.24, 2.45) is 0 Å². The van der Waals surface area contributed by atoms with Gasteiger partial charge in [-0.1, -0.05) is 35.9 Å². The first-order valence-electron chi connectivity index (χ1n) is 9.69. The summed E-state index contributed by atoms with van der Waals surface area (Å²) in [7, 11) is -3.89. The van der Waals surface area contributed by atoms with Gasteiger partial charge in [-0.3, -0.25) is 14.9 Å². The Labute approximate surface area is 194 Å². The van der Waals surface area contributed by atoms with Crippen molar-refractivity contribution in [3.8, 4) is 0 Å². The lowest BCUT2D eigenvalue weighted by Gasteiger charge is -2.26. The van der Waals surface area contributed by atoms with Crippen LogP contribution in [0.15, 0.2) is 59.6 Å². The number of hydrogen-bond acceptors (Lipinski definition) is 6. The zero-order chi connectivity index (χ0) is 22.7. The number of hydrogen-bond donors (Lipinski definition) is 2. The molecule has 0 saturated carbocycles. The molecule has 3 aromatic rings. The van der Waals surface area contributed by atoms with Gasteiger partial charge in [0.25, 0.3) is 5.91 Å². The van der Waals surface area contributed by atoms with Crippen LogP contribution in [0, 0.1) is 0 Å². The average molecular weight is 491 g/mol. The zero-order valence-electron chi connectivity index (χ0n) is 16.7. The summed E-state index contributed by atoms with van der Waals surface area (Å²) in [6.45, 7) is 0.183. The molecule has 0 bridgehead atoms. The van der Waals surface area contributed by atoms with E-state index >= 15 is 0 Å². The molecule has 4 rings (SSSR count). The van der Waals surface area contributed by atoms with Crippen LogP contribution in [0.4, 0.5) is 5.13 Å². The highest BCUT2D eigenvalue weighted by molar-refractivity contribution is 7.89. The summed E-state index contributed by atoms with van der Waals surface area (Å²) in [5.74, 6) is -0.831. The number of halogens is 1. The first kappa shape index (κ1) is 22.4. The van der Waals surface area contributed by atoms with Gasteiger partial charge in [0.2, 0.25) is 15.9 Å². The molecule has 2 heterocycles. The highest BCUT2D eigenvalue weighted by Gasteiger charge is 2.29. The lowest BCUT2D eigenvalue weighted by molar-refractivity contribution is -0.122. The number of anilines is 1. The summed E-state index contributed by atoms with van der Waals surface area (Å²) < 4.78 is 26.8. The maximum atomic E-state index is 12.9. The Kier molecular flexibility index (Phi) is 6.56. The molecule has 1 aliphatic heterocycles. The van der Waals surface area contributed by atoms with Crippen molar-refractivity contribution in [3.63, 3.8) is 0 Å². The molecule has 2 amide bonds. The number of carbonyl (C=O) groups excluding carboxylic acids is 2. The van der Waals surface area contributed by atoms with E-state index in [9.17, 15) is 18.0 Å². The lowest BCUT2D eigenvalue weighted by Crippen LogP contribution is -2.49. The fourth-order valence-corrected chi connectivity index (χ4v) is 5.69. The molecule has 8 nitrogen and oxygen atoms in total. The highest BCUT2D eigenvalue weighted by atomic mass is 35.5. The third-order valence-corrected chi connectivity index (χ3v) is 7.96. The Bertz CT molecular complexity index is 1280. The minimum Gasteiger partial charge on any atom is -0.354 e. The molecule has 11 heteroatoms. The van der Waals surface area contributed by atoms with Crippen molar-refractivity contribution in [1.29, 1.82) is 0 Å². The Morgan fingerprint density at radius 1 is 1.22 bits per heavy atom. The second kappa shape index (κ2) is 9.37. The fraction of sp³-hybridized carbons (Fsp3) is 0.190. The lowest BCUT2D eigenvalue weighted by atomic mass is 10.1. The molecule has 1 aliphatic rings. The summed E-state index contributed by atoms with van der Waals surface area (Å²) in [6, 6.07) is 13.2. The van der Waals surface area contributed by atoms with Crippen LogP contribution in [0.2, 0.25) is 5.02 Å². The largest absolute Gasteiger partial charge is 0.354 e. The number of nitrogens with one attached hydrogen (secondary N) is 2. The fourth-order valence-electron chi connectivity index (χ4n) is 3.21. The third kappa shape index (κ3) is 4.99. The Morgan fingerprint density at radius 2 is 2.03 bits per heavy atom. The topological polar surface area (TPSA) is 108 Å². The summed E-state index contributed by atoms with van der Waals surface area (Å²) in [6.07, 6.45) is 2.26. The van der Waals surface area contributed by atoms with Crippen molar-refractivity contribution in [2.45, 2.75) is 11.3 Å². The van der Waals surface area contributed by atoms with Crippen molar-refractivity contribution in [2.75, 3.05) is 25.0 Å². The smallest absolute Gasteiger partial charge is 0.257 e. The number of carbonyl (C=O) groups is 2. The number of thiazole rings is 1. The van der Waals surface area contributed by atoms with Crippen LogP contribution in [0.5, 0.6) is 0 Å². The first-order valence-corrected chi connectivity index (χ1v) is 12.3. The average Bonchev–Trinajstić information content (AvgIpc) is 3.22. The minimum absolute atomic E-state index is 0.0432. The van der Waals surface area contributed by atoms with E-state index in [1.165, 1.54) is 35.6 Å². The van der Waals surface area contributed by atoms with Gasteiger partial charge in [0.1, 0.15) is 0 Å². The predicted molar refractivity (Wildman–Crippen MR) is 123 cm³/mol. The molecular weight excluding hydrogens is 472 g/mol. The zero-order valence-corrected chi connectivity index (χ0v) is 19.1. The van der Waals surface area contributed by atoms with Gasteiger partial charge in [-0.2, -0.15) is 4.31 Å². The maximum absolute atomic E-state index is 12.9.